The van der Waals surface area contributed by atoms with Crippen LogP contribution in [0.15, 0.2) is 30.3 Å². The first-order valence-electron chi connectivity index (χ1n) is 12.0. The number of hydrogen-bond donors (Lipinski definition) is 1. The zero-order chi connectivity index (χ0) is 24.0. The van der Waals surface area contributed by atoms with Gasteiger partial charge in [0.05, 0.1) is 35.1 Å². The molecule has 2 atom stereocenters. The van der Waals surface area contributed by atoms with Crippen LogP contribution in [-0.2, 0) is 0 Å². The van der Waals surface area contributed by atoms with Crippen LogP contribution in [0.4, 0.5) is 5.69 Å². The van der Waals surface area contributed by atoms with E-state index in [4.69, 9.17) is 10.4 Å². The molecule has 0 amide bonds. The molecule has 2 unspecified atom stereocenters. The van der Waals surface area contributed by atoms with Crippen molar-refractivity contribution >= 4 is 22.7 Å². The summed E-state index contributed by atoms with van der Waals surface area (Å²) in [6.07, 6.45) is 2.02. The summed E-state index contributed by atoms with van der Waals surface area (Å²) in [5, 5.41) is 24.9. The first-order valence-corrected chi connectivity index (χ1v) is 12.0. The van der Waals surface area contributed by atoms with Crippen LogP contribution in [-0.4, -0.2) is 63.0 Å². The Labute approximate surface area is 199 Å². The molecule has 176 valence electrons. The van der Waals surface area contributed by atoms with E-state index in [-0.39, 0.29) is 11.6 Å². The normalized spacial score (nSPS) is 20.6. The molecule has 8 nitrogen and oxygen atoms in total. The van der Waals surface area contributed by atoms with E-state index in [2.05, 4.69) is 34.7 Å². The topological polar surface area (TPSA) is 98.3 Å². The van der Waals surface area contributed by atoms with Crippen molar-refractivity contribution in [3.05, 3.63) is 47.3 Å². The summed E-state index contributed by atoms with van der Waals surface area (Å²) in [6, 6.07) is 12.5. The van der Waals surface area contributed by atoms with Crippen LogP contribution in [0.5, 0.6) is 0 Å². The molecule has 0 bridgehead atoms. The Bertz CT molecular complexity index is 1290. The number of fused-ring (bicyclic) bond motifs is 2. The number of rotatable bonds is 5. The number of aromatic nitrogens is 3. The highest BCUT2D eigenvalue weighted by Gasteiger charge is 2.39. The Hall–Kier alpha value is -3.44. The molecular formula is C26H30N6O2. The predicted octanol–water partition coefficient (Wildman–Crippen LogP) is 3.97. The van der Waals surface area contributed by atoms with E-state index in [1.54, 1.807) is 10.7 Å². The van der Waals surface area contributed by atoms with Gasteiger partial charge in [-0.25, -0.2) is 14.5 Å². The predicted molar refractivity (Wildman–Crippen MR) is 131 cm³/mol. The van der Waals surface area contributed by atoms with Gasteiger partial charge in [0.25, 0.3) is 0 Å². The van der Waals surface area contributed by atoms with E-state index in [0.717, 1.165) is 60.5 Å². The number of piperidine rings is 1. The second-order valence-electron chi connectivity index (χ2n) is 9.80. The Balaban J connectivity index is 1.65. The van der Waals surface area contributed by atoms with Gasteiger partial charge in [0.2, 0.25) is 0 Å². The third-order valence-electron chi connectivity index (χ3n) is 7.22. The van der Waals surface area contributed by atoms with E-state index in [0.29, 0.717) is 24.2 Å². The number of anilines is 1. The number of carboxylic acids is 1. The molecule has 0 spiro atoms. The van der Waals surface area contributed by atoms with Crippen LogP contribution < -0.4 is 4.90 Å². The van der Waals surface area contributed by atoms with Crippen molar-refractivity contribution in [3.8, 4) is 11.8 Å². The molecule has 0 aliphatic carbocycles. The van der Waals surface area contributed by atoms with Gasteiger partial charge in [0.1, 0.15) is 0 Å². The molecule has 34 heavy (non-hydrogen) atoms. The quantitative estimate of drug-likeness (QED) is 0.578. The molecule has 2 aromatic heterocycles. The van der Waals surface area contributed by atoms with Crippen LogP contribution in [0.3, 0.4) is 0 Å². The Morgan fingerprint density at radius 3 is 2.79 bits per heavy atom. The third-order valence-corrected chi connectivity index (χ3v) is 7.22. The number of aromatic carboxylic acids is 1. The number of carboxylic acid groups (broad SMARTS) is 1. The summed E-state index contributed by atoms with van der Waals surface area (Å²) in [5.74, 6) is -0.421. The van der Waals surface area contributed by atoms with Crippen molar-refractivity contribution in [3.63, 3.8) is 0 Å². The molecule has 3 aromatic rings. The zero-order valence-electron chi connectivity index (χ0n) is 19.9. The molecule has 2 fully saturated rings. The summed E-state index contributed by atoms with van der Waals surface area (Å²) >= 11 is 0. The molecule has 1 N–H and O–H groups in total. The van der Waals surface area contributed by atoms with Gasteiger partial charge in [0.15, 0.2) is 11.3 Å². The second-order valence-corrected chi connectivity index (χ2v) is 9.80. The minimum Gasteiger partial charge on any atom is -0.477 e. The van der Waals surface area contributed by atoms with Crippen LogP contribution in [0.2, 0.25) is 0 Å². The number of nitrogens with zero attached hydrogens (tertiary/aromatic N) is 6. The van der Waals surface area contributed by atoms with E-state index < -0.39 is 5.97 Å². The molecule has 4 heterocycles. The van der Waals surface area contributed by atoms with E-state index in [1.807, 2.05) is 31.2 Å². The van der Waals surface area contributed by atoms with Gasteiger partial charge >= 0.3 is 5.97 Å². The van der Waals surface area contributed by atoms with Crippen molar-refractivity contribution in [2.45, 2.75) is 45.6 Å². The fourth-order valence-corrected chi connectivity index (χ4v) is 5.61. The second kappa shape index (κ2) is 8.73. The van der Waals surface area contributed by atoms with Crippen LogP contribution in [0.25, 0.3) is 16.7 Å². The lowest BCUT2D eigenvalue weighted by Gasteiger charge is -2.39. The van der Waals surface area contributed by atoms with Crippen molar-refractivity contribution in [2.24, 2.45) is 5.92 Å². The Morgan fingerprint density at radius 2 is 2.09 bits per heavy atom. The summed E-state index contributed by atoms with van der Waals surface area (Å²) in [5.41, 5.74) is 4.43. The largest absolute Gasteiger partial charge is 0.477 e. The van der Waals surface area contributed by atoms with Gasteiger partial charge < -0.3 is 10.0 Å². The summed E-state index contributed by atoms with van der Waals surface area (Å²) < 4.78 is 1.80. The van der Waals surface area contributed by atoms with Gasteiger partial charge in [-0.1, -0.05) is 26.0 Å². The number of likely N-dealkylation sites (tertiary alicyclic amines) is 1. The molecule has 2 aliphatic rings. The van der Waals surface area contributed by atoms with Crippen LogP contribution in [0, 0.1) is 24.2 Å². The number of hydrogen-bond acceptors (Lipinski definition) is 6. The number of carbonyl (C=O) groups is 1. The average Bonchev–Trinajstić information content (AvgIpc) is 3.40. The molecule has 2 aliphatic heterocycles. The van der Waals surface area contributed by atoms with Gasteiger partial charge in [-0.05, 0) is 61.9 Å². The van der Waals surface area contributed by atoms with E-state index >= 15 is 0 Å². The Morgan fingerprint density at radius 1 is 1.26 bits per heavy atom. The van der Waals surface area contributed by atoms with Crippen molar-refractivity contribution in [1.82, 2.24) is 19.7 Å². The summed E-state index contributed by atoms with van der Waals surface area (Å²) in [7, 11) is 0. The molecule has 8 heteroatoms. The van der Waals surface area contributed by atoms with Crippen molar-refractivity contribution in [1.29, 1.82) is 5.26 Å². The summed E-state index contributed by atoms with van der Waals surface area (Å²) in [4.78, 5) is 21.3. The highest BCUT2D eigenvalue weighted by molar-refractivity contribution is 5.98. The lowest BCUT2D eigenvalue weighted by atomic mass is 9.92. The molecule has 0 saturated carbocycles. The molecule has 5 rings (SSSR count). The lowest BCUT2D eigenvalue weighted by molar-refractivity contribution is 0.0691. The smallest absolute Gasteiger partial charge is 0.354 e. The van der Waals surface area contributed by atoms with Gasteiger partial charge in [-0.2, -0.15) is 10.4 Å². The zero-order valence-corrected chi connectivity index (χ0v) is 19.9. The number of nitriles is 1. The van der Waals surface area contributed by atoms with Crippen LogP contribution in [0.1, 0.15) is 54.4 Å². The number of aryl methyl sites for hydroxylation is 1. The monoisotopic (exact) mass is 458 g/mol. The Kier molecular flexibility index (Phi) is 5.74. The minimum atomic E-state index is -1.04. The first kappa shape index (κ1) is 22.4. The lowest BCUT2D eigenvalue weighted by Crippen LogP contribution is -2.46. The van der Waals surface area contributed by atoms with Gasteiger partial charge in [-0.3, -0.25) is 4.90 Å². The molecule has 0 radical (unpaired) electrons. The molecular weight excluding hydrogens is 428 g/mol. The SMILES string of the molecule is Cc1cccc(-n2nc(C(C)C)c3c(N4CCC5C(CCN5CC#N)C4)cc(C(=O)O)nc32)c1. The highest BCUT2D eigenvalue weighted by Crippen LogP contribution is 2.39. The maximum atomic E-state index is 12.1. The van der Waals surface area contributed by atoms with E-state index in [1.165, 1.54) is 0 Å². The van der Waals surface area contributed by atoms with E-state index in [9.17, 15) is 9.90 Å². The van der Waals surface area contributed by atoms with Gasteiger partial charge in [-0.15, -0.1) is 0 Å². The summed E-state index contributed by atoms with van der Waals surface area (Å²) in [6.45, 7) is 9.34. The highest BCUT2D eigenvalue weighted by atomic mass is 16.4. The maximum absolute atomic E-state index is 12.1. The third kappa shape index (κ3) is 3.80. The molecule has 1 aromatic carbocycles. The minimum absolute atomic E-state index is 0.0336. The standard InChI is InChI=1S/C26H30N6O2/c1-16(2)24-23-22(31-11-8-21-18(15-31)7-10-30(21)12-9-27)14-20(26(33)34)28-25(23)32(29-24)19-6-4-5-17(3)13-19/h4-6,13-14,16,18,21H,7-8,10-12,15H2,1-3H3,(H,33,34). The molecule has 2 saturated heterocycles. The fourth-order valence-electron chi connectivity index (χ4n) is 5.61. The number of benzene rings is 1. The first-order chi connectivity index (χ1) is 16.4. The van der Waals surface area contributed by atoms with Crippen molar-refractivity contribution < 1.29 is 9.90 Å². The van der Waals surface area contributed by atoms with Crippen LogP contribution >= 0.6 is 0 Å². The number of pyridine rings is 1. The van der Waals surface area contributed by atoms with Crippen molar-refractivity contribution in [2.75, 3.05) is 31.1 Å². The maximum Gasteiger partial charge on any atom is 0.354 e. The fraction of sp³-hybridized carbons (Fsp3) is 0.462. The van der Waals surface area contributed by atoms with Gasteiger partial charge in [0, 0.05) is 19.1 Å². The average molecular weight is 459 g/mol.